The van der Waals surface area contributed by atoms with Gasteiger partial charge in [0, 0.05) is 12.2 Å². The van der Waals surface area contributed by atoms with Gasteiger partial charge < -0.3 is 15.3 Å². The van der Waals surface area contributed by atoms with Gasteiger partial charge in [0.2, 0.25) is 5.91 Å². The van der Waals surface area contributed by atoms with Crippen LogP contribution in [0.5, 0.6) is 0 Å². The van der Waals surface area contributed by atoms with E-state index < -0.39 is 5.97 Å². The minimum absolute atomic E-state index is 0.0304. The first-order chi connectivity index (χ1) is 9.68. The van der Waals surface area contributed by atoms with Gasteiger partial charge in [-0.15, -0.1) is 0 Å². The zero-order valence-corrected chi connectivity index (χ0v) is 11.4. The van der Waals surface area contributed by atoms with Crippen LogP contribution in [0.15, 0.2) is 30.3 Å². The number of carbonyl (C=O) groups excluding carboxylic acids is 1. The molecule has 1 heterocycles. The second-order valence-electron chi connectivity index (χ2n) is 4.97. The summed E-state index contributed by atoms with van der Waals surface area (Å²) < 4.78 is 0. The number of benzene rings is 1. The van der Waals surface area contributed by atoms with Crippen LogP contribution < -0.4 is 10.2 Å². The summed E-state index contributed by atoms with van der Waals surface area (Å²) in [6.45, 7) is 1.05. The summed E-state index contributed by atoms with van der Waals surface area (Å²) in [5.41, 5.74) is 0.756. The average Bonchev–Trinajstić information content (AvgIpc) is 2.49. The molecule has 1 saturated heterocycles. The van der Waals surface area contributed by atoms with Crippen LogP contribution in [0.4, 0.5) is 5.69 Å². The highest BCUT2D eigenvalue weighted by molar-refractivity contribution is 5.97. The standard InChI is InChI=1S/C15H20N2O3/c18-14(19)9-11-17(12-6-2-1-3-7-12)15(20)13-8-4-5-10-16-13/h1-3,6-7,13,16H,4-5,8-11H2,(H,18,19). The molecule has 2 N–H and O–H groups in total. The molecule has 0 radical (unpaired) electrons. The maximum Gasteiger partial charge on any atom is 0.305 e. The molecule has 1 aliphatic heterocycles. The molecule has 0 bridgehead atoms. The van der Waals surface area contributed by atoms with Crippen molar-refractivity contribution in [3.05, 3.63) is 30.3 Å². The second kappa shape index (κ2) is 7.05. The highest BCUT2D eigenvalue weighted by Crippen LogP contribution is 2.18. The van der Waals surface area contributed by atoms with Crippen molar-refractivity contribution in [1.29, 1.82) is 0 Å². The number of aliphatic carboxylic acids is 1. The number of carboxylic acid groups (broad SMARTS) is 1. The summed E-state index contributed by atoms with van der Waals surface area (Å²) in [5.74, 6) is -0.924. The van der Waals surface area contributed by atoms with Crippen LogP contribution in [-0.4, -0.2) is 36.1 Å². The minimum Gasteiger partial charge on any atom is -0.481 e. The van der Waals surface area contributed by atoms with Gasteiger partial charge in [-0.05, 0) is 31.5 Å². The smallest absolute Gasteiger partial charge is 0.305 e. The van der Waals surface area contributed by atoms with E-state index in [0.29, 0.717) is 0 Å². The molecule has 1 aromatic rings. The molecule has 2 rings (SSSR count). The average molecular weight is 276 g/mol. The summed E-state index contributed by atoms with van der Waals surface area (Å²) in [4.78, 5) is 24.9. The van der Waals surface area contributed by atoms with E-state index in [4.69, 9.17) is 5.11 Å². The van der Waals surface area contributed by atoms with E-state index in [0.717, 1.165) is 31.5 Å². The summed E-state index contributed by atoms with van der Waals surface area (Å²) in [6, 6.07) is 9.06. The van der Waals surface area contributed by atoms with Gasteiger partial charge in [-0.1, -0.05) is 24.6 Å². The SMILES string of the molecule is O=C(O)CCN(C(=O)C1CCCCN1)c1ccccc1. The van der Waals surface area contributed by atoms with Gasteiger partial charge >= 0.3 is 5.97 Å². The Kier molecular flexibility index (Phi) is 5.12. The Hall–Kier alpha value is -1.88. The Labute approximate surface area is 118 Å². The molecule has 20 heavy (non-hydrogen) atoms. The molecular formula is C15H20N2O3. The van der Waals surface area contributed by atoms with Crippen LogP contribution in [0, 0.1) is 0 Å². The van der Waals surface area contributed by atoms with Crippen molar-refractivity contribution >= 4 is 17.6 Å². The molecular weight excluding hydrogens is 256 g/mol. The fraction of sp³-hybridized carbons (Fsp3) is 0.467. The molecule has 0 aromatic heterocycles. The van der Waals surface area contributed by atoms with Crippen molar-refractivity contribution in [1.82, 2.24) is 5.32 Å². The fourth-order valence-corrected chi connectivity index (χ4v) is 2.43. The summed E-state index contributed by atoms with van der Waals surface area (Å²) in [7, 11) is 0. The zero-order valence-electron chi connectivity index (χ0n) is 11.4. The Morgan fingerprint density at radius 1 is 1.25 bits per heavy atom. The van der Waals surface area contributed by atoms with Gasteiger partial charge in [-0.3, -0.25) is 9.59 Å². The van der Waals surface area contributed by atoms with E-state index in [1.807, 2.05) is 30.3 Å². The number of carboxylic acids is 1. The molecule has 1 fully saturated rings. The van der Waals surface area contributed by atoms with E-state index >= 15 is 0 Å². The third kappa shape index (κ3) is 3.81. The Bertz CT molecular complexity index is 455. The fourth-order valence-electron chi connectivity index (χ4n) is 2.43. The highest BCUT2D eigenvalue weighted by atomic mass is 16.4. The minimum atomic E-state index is -0.893. The normalized spacial score (nSPS) is 18.5. The second-order valence-corrected chi connectivity index (χ2v) is 4.97. The van der Waals surface area contributed by atoms with E-state index in [-0.39, 0.29) is 24.9 Å². The number of piperidine rings is 1. The van der Waals surface area contributed by atoms with Gasteiger partial charge in [-0.25, -0.2) is 0 Å². The van der Waals surface area contributed by atoms with Crippen LogP contribution in [0.3, 0.4) is 0 Å². The largest absolute Gasteiger partial charge is 0.481 e. The van der Waals surface area contributed by atoms with Crippen molar-refractivity contribution in [3.8, 4) is 0 Å². The van der Waals surface area contributed by atoms with Crippen molar-refractivity contribution in [2.75, 3.05) is 18.0 Å². The van der Waals surface area contributed by atoms with E-state index in [9.17, 15) is 9.59 Å². The third-order valence-corrected chi connectivity index (χ3v) is 3.49. The topological polar surface area (TPSA) is 69.6 Å². The lowest BCUT2D eigenvalue weighted by atomic mass is 10.0. The van der Waals surface area contributed by atoms with Crippen LogP contribution in [-0.2, 0) is 9.59 Å². The number of hydrogen-bond acceptors (Lipinski definition) is 3. The Morgan fingerprint density at radius 2 is 2.00 bits per heavy atom. The maximum absolute atomic E-state index is 12.6. The van der Waals surface area contributed by atoms with Crippen LogP contribution in [0.25, 0.3) is 0 Å². The molecule has 108 valence electrons. The number of nitrogens with one attached hydrogen (secondary N) is 1. The first-order valence-corrected chi connectivity index (χ1v) is 7.00. The molecule has 0 spiro atoms. The van der Waals surface area contributed by atoms with Gasteiger partial charge in [0.25, 0.3) is 0 Å². The number of amides is 1. The van der Waals surface area contributed by atoms with Crippen molar-refractivity contribution in [2.24, 2.45) is 0 Å². The number of nitrogens with zero attached hydrogens (tertiary/aromatic N) is 1. The quantitative estimate of drug-likeness (QED) is 0.857. The van der Waals surface area contributed by atoms with Crippen molar-refractivity contribution in [3.63, 3.8) is 0 Å². The molecule has 5 heteroatoms. The van der Waals surface area contributed by atoms with Gasteiger partial charge in [-0.2, -0.15) is 0 Å². The maximum atomic E-state index is 12.6. The first kappa shape index (κ1) is 14.5. The molecule has 1 atom stereocenters. The summed E-state index contributed by atoms with van der Waals surface area (Å²) in [6.07, 6.45) is 2.89. The van der Waals surface area contributed by atoms with Gasteiger partial charge in [0.05, 0.1) is 12.5 Å². The Morgan fingerprint density at radius 3 is 2.60 bits per heavy atom. The predicted octanol–water partition coefficient (Wildman–Crippen LogP) is 1.64. The number of anilines is 1. The molecule has 1 unspecified atom stereocenters. The molecule has 0 aliphatic carbocycles. The van der Waals surface area contributed by atoms with E-state index in [1.165, 1.54) is 0 Å². The van der Waals surface area contributed by atoms with E-state index in [1.54, 1.807) is 4.90 Å². The third-order valence-electron chi connectivity index (χ3n) is 3.49. The van der Waals surface area contributed by atoms with Crippen molar-refractivity contribution in [2.45, 2.75) is 31.7 Å². The van der Waals surface area contributed by atoms with Crippen LogP contribution in [0.1, 0.15) is 25.7 Å². The lowest BCUT2D eigenvalue weighted by molar-refractivity contribution is -0.136. The van der Waals surface area contributed by atoms with Gasteiger partial charge in [0.1, 0.15) is 0 Å². The Balaban J connectivity index is 2.12. The summed E-state index contributed by atoms with van der Waals surface area (Å²) >= 11 is 0. The predicted molar refractivity (Wildman–Crippen MR) is 76.7 cm³/mol. The van der Waals surface area contributed by atoms with Crippen molar-refractivity contribution < 1.29 is 14.7 Å². The first-order valence-electron chi connectivity index (χ1n) is 7.00. The van der Waals surface area contributed by atoms with Crippen LogP contribution in [0.2, 0.25) is 0 Å². The zero-order chi connectivity index (χ0) is 14.4. The summed E-state index contributed by atoms with van der Waals surface area (Å²) in [5, 5.41) is 12.1. The number of carbonyl (C=O) groups is 2. The molecule has 1 aromatic carbocycles. The lowest BCUT2D eigenvalue weighted by Gasteiger charge is -2.29. The molecule has 1 amide bonds. The number of hydrogen-bond donors (Lipinski definition) is 2. The number of para-hydroxylation sites is 1. The monoisotopic (exact) mass is 276 g/mol. The molecule has 0 saturated carbocycles. The lowest BCUT2D eigenvalue weighted by Crippen LogP contribution is -2.49. The van der Waals surface area contributed by atoms with Crippen LogP contribution >= 0.6 is 0 Å². The molecule has 5 nitrogen and oxygen atoms in total. The van der Waals surface area contributed by atoms with E-state index in [2.05, 4.69) is 5.32 Å². The molecule has 1 aliphatic rings. The van der Waals surface area contributed by atoms with Gasteiger partial charge in [0.15, 0.2) is 0 Å². The number of rotatable bonds is 5. The highest BCUT2D eigenvalue weighted by Gasteiger charge is 2.26.